The van der Waals surface area contributed by atoms with Crippen molar-refractivity contribution in [2.75, 3.05) is 30.7 Å². The maximum atomic E-state index is 11.9. The topological polar surface area (TPSA) is 87.0 Å². The summed E-state index contributed by atoms with van der Waals surface area (Å²) in [5.41, 5.74) is 8.39. The molecule has 0 radical (unpaired) electrons. The van der Waals surface area contributed by atoms with Crippen molar-refractivity contribution in [2.24, 2.45) is 0 Å². The van der Waals surface area contributed by atoms with Gasteiger partial charge < -0.3 is 16.0 Å². The van der Waals surface area contributed by atoms with E-state index < -0.39 is 0 Å². The van der Waals surface area contributed by atoms with Crippen molar-refractivity contribution in [3.8, 4) is 0 Å². The van der Waals surface area contributed by atoms with Crippen molar-refractivity contribution in [2.45, 2.75) is 20.3 Å². The van der Waals surface area contributed by atoms with Crippen LogP contribution in [0.5, 0.6) is 0 Å². The summed E-state index contributed by atoms with van der Waals surface area (Å²) in [4.78, 5) is 13.7. The molecule has 0 aliphatic heterocycles. The predicted octanol–water partition coefficient (Wildman–Crippen LogP) is 1.82. The number of nitrogens with one attached hydrogen (secondary N) is 2. The number of benzene rings is 1. The van der Waals surface area contributed by atoms with Crippen LogP contribution in [0.2, 0.25) is 0 Å². The van der Waals surface area contributed by atoms with Crippen LogP contribution in [0.1, 0.15) is 20.3 Å². The first-order chi connectivity index (χ1) is 9.65. The van der Waals surface area contributed by atoms with Crippen molar-refractivity contribution in [3.05, 3.63) is 18.3 Å². The summed E-state index contributed by atoms with van der Waals surface area (Å²) in [7, 11) is 0. The first-order valence-corrected chi connectivity index (χ1v) is 6.90. The molecule has 20 heavy (non-hydrogen) atoms. The van der Waals surface area contributed by atoms with Crippen molar-refractivity contribution in [1.29, 1.82) is 0 Å². The molecular formula is C14H21N5O. The van der Waals surface area contributed by atoms with Crippen LogP contribution in [0.15, 0.2) is 18.3 Å². The minimum absolute atomic E-state index is 0.156. The Kier molecular flexibility index (Phi) is 4.45. The average Bonchev–Trinajstić information content (AvgIpc) is 2.87. The molecule has 1 aromatic carbocycles. The van der Waals surface area contributed by atoms with E-state index in [1.807, 2.05) is 30.9 Å². The van der Waals surface area contributed by atoms with Gasteiger partial charge in [-0.25, -0.2) is 0 Å². The predicted molar refractivity (Wildman–Crippen MR) is 81.5 cm³/mol. The van der Waals surface area contributed by atoms with E-state index in [9.17, 15) is 4.79 Å². The summed E-state index contributed by atoms with van der Waals surface area (Å²) in [6.45, 7) is 6.03. The normalized spacial score (nSPS) is 10.7. The van der Waals surface area contributed by atoms with Crippen molar-refractivity contribution >= 4 is 28.2 Å². The van der Waals surface area contributed by atoms with Crippen LogP contribution in [0.3, 0.4) is 0 Å². The third kappa shape index (κ3) is 3.01. The Morgan fingerprint density at radius 3 is 2.85 bits per heavy atom. The third-order valence-electron chi connectivity index (χ3n) is 3.38. The summed E-state index contributed by atoms with van der Waals surface area (Å²) in [6.07, 6.45) is 2.20. The van der Waals surface area contributed by atoms with E-state index in [1.54, 1.807) is 6.20 Å². The number of hydrogen-bond donors (Lipinski definition) is 3. The molecule has 0 atom stereocenters. The Balaban J connectivity index is 1.95. The maximum Gasteiger partial charge on any atom is 0.224 e. The van der Waals surface area contributed by atoms with Gasteiger partial charge in [0.25, 0.3) is 0 Å². The summed E-state index contributed by atoms with van der Waals surface area (Å²) in [5, 5.41) is 11.1. The van der Waals surface area contributed by atoms with Crippen LogP contribution in [0, 0.1) is 0 Å². The van der Waals surface area contributed by atoms with E-state index in [1.165, 1.54) is 0 Å². The maximum absolute atomic E-state index is 11.9. The van der Waals surface area contributed by atoms with Gasteiger partial charge in [0.2, 0.25) is 5.91 Å². The molecule has 0 aliphatic carbocycles. The molecule has 1 amide bonds. The van der Waals surface area contributed by atoms with Crippen LogP contribution in [-0.4, -0.2) is 40.6 Å². The lowest BCUT2D eigenvalue weighted by Crippen LogP contribution is -2.31. The molecule has 0 unspecified atom stereocenters. The molecule has 1 heterocycles. The fraction of sp³-hybridized carbons (Fsp3) is 0.429. The van der Waals surface area contributed by atoms with Crippen LogP contribution in [0.25, 0.3) is 10.9 Å². The van der Waals surface area contributed by atoms with E-state index in [2.05, 4.69) is 15.5 Å². The highest BCUT2D eigenvalue weighted by molar-refractivity contribution is 5.88. The molecule has 0 bridgehead atoms. The molecule has 1 aromatic heterocycles. The standard InChI is InChI=1S/C14H21N5O/c1-3-19(4-2)14(20)5-6-16-13-8-12-10(7-11(13)15)9-17-18-12/h7-9,16H,3-6,15H2,1-2H3,(H,17,18). The number of anilines is 2. The van der Waals surface area contributed by atoms with Crippen LogP contribution in [0.4, 0.5) is 11.4 Å². The summed E-state index contributed by atoms with van der Waals surface area (Å²) in [5.74, 6) is 0.156. The fourth-order valence-corrected chi connectivity index (χ4v) is 2.20. The Hall–Kier alpha value is -2.24. The lowest BCUT2D eigenvalue weighted by molar-refractivity contribution is -0.130. The molecule has 6 heteroatoms. The highest BCUT2D eigenvalue weighted by Crippen LogP contribution is 2.24. The van der Waals surface area contributed by atoms with Crippen LogP contribution >= 0.6 is 0 Å². The molecule has 0 aliphatic rings. The van der Waals surface area contributed by atoms with Gasteiger partial charge in [-0.15, -0.1) is 0 Å². The molecular weight excluding hydrogens is 254 g/mol. The summed E-state index contributed by atoms with van der Waals surface area (Å²) < 4.78 is 0. The Bertz CT molecular complexity index is 588. The minimum atomic E-state index is 0.156. The van der Waals surface area contributed by atoms with E-state index in [4.69, 9.17) is 5.73 Å². The Morgan fingerprint density at radius 2 is 2.15 bits per heavy atom. The molecule has 0 fully saturated rings. The number of aromatic amines is 1. The first kappa shape index (κ1) is 14.2. The zero-order valence-electron chi connectivity index (χ0n) is 11.9. The van der Waals surface area contributed by atoms with Crippen molar-refractivity contribution in [1.82, 2.24) is 15.1 Å². The third-order valence-corrected chi connectivity index (χ3v) is 3.38. The molecule has 4 N–H and O–H groups in total. The lowest BCUT2D eigenvalue weighted by atomic mass is 10.2. The van der Waals surface area contributed by atoms with E-state index >= 15 is 0 Å². The number of nitrogens with two attached hydrogens (primary N) is 1. The molecule has 2 aromatic rings. The second-order valence-electron chi connectivity index (χ2n) is 4.64. The second kappa shape index (κ2) is 6.27. The van der Waals surface area contributed by atoms with Gasteiger partial charge in [0.15, 0.2) is 0 Å². The van der Waals surface area contributed by atoms with Crippen LogP contribution < -0.4 is 11.1 Å². The van der Waals surface area contributed by atoms with Crippen LogP contribution in [-0.2, 0) is 4.79 Å². The number of nitrogen functional groups attached to an aromatic ring is 1. The van der Waals surface area contributed by atoms with E-state index in [0.717, 1.165) is 29.7 Å². The molecule has 2 rings (SSSR count). The number of carbonyl (C=O) groups excluding carboxylic acids is 1. The fourth-order valence-electron chi connectivity index (χ4n) is 2.20. The van der Waals surface area contributed by atoms with E-state index in [0.29, 0.717) is 18.7 Å². The minimum Gasteiger partial charge on any atom is -0.397 e. The SMILES string of the molecule is CCN(CC)C(=O)CCNc1cc2[nH]ncc2cc1N. The van der Waals surface area contributed by atoms with Gasteiger partial charge in [-0.2, -0.15) is 5.10 Å². The zero-order valence-corrected chi connectivity index (χ0v) is 11.9. The molecule has 108 valence electrons. The summed E-state index contributed by atoms with van der Waals surface area (Å²) in [6, 6.07) is 3.78. The quantitative estimate of drug-likeness (QED) is 0.702. The number of fused-ring (bicyclic) bond motifs is 1. The van der Waals surface area contributed by atoms with Gasteiger partial charge in [0.05, 0.1) is 23.1 Å². The number of H-pyrrole nitrogens is 1. The van der Waals surface area contributed by atoms with Gasteiger partial charge in [-0.1, -0.05) is 0 Å². The molecule has 0 spiro atoms. The Labute approximate surface area is 118 Å². The largest absolute Gasteiger partial charge is 0.397 e. The molecule has 6 nitrogen and oxygen atoms in total. The van der Waals surface area contributed by atoms with Crippen molar-refractivity contribution in [3.63, 3.8) is 0 Å². The number of carbonyl (C=O) groups is 1. The number of rotatable bonds is 6. The first-order valence-electron chi connectivity index (χ1n) is 6.90. The number of hydrogen-bond acceptors (Lipinski definition) is 4. The summed E-state index contributed by atoms with van der Waals surface area (Å²) >= 11 is 0. The molecule has 0 saturated heterocycles. The number of aromatic nitrogens is 2. The van der Waals surface area contributed by atoms with Gasteiger partial charge in [0.1, 0.15) is 0 Å². The number of nitrogens with zero attached hydrogens (tertiary/aromatic N) is 2. The average molecular weight is 275 g/mol. The monoisotopic (exact) mass is 275 g/mol. The Morgan fingerprint density at radius 1 is 1.40 bits per heavy atom. The zero-order chi connectivity index (χ0) is 14.5. The molecule has 0 saturated carbocycles. The van der Waals surface area contributed by atoms with Gasteiger partial charge in [0, 0.05) is 31.4 Å². The van der Waals surface area contributed by atoms with Gasteiger partial charge in [-0.05, 0) is 26.0 Å². The smallest absolute Gasteiger partial charge is 0.224 e. The van der Waals surface area contributed by atoms with Crippen molar-refractivity contribution < 1.29 is 4.79 Å². The van der Waals surface area contributed by atoms with Gasteiger partial charge in [-0.3, -0.25) is 9.89 Å². The van der Waals surface area contributed by atoms with Gasteiger partial charge >= 0.3 is 0 Å². The highest BCUT2D eigenvalue weighted by atomic mass is 16.2. The highest BCUT2D eigenvalue weighted by Gasteiger charge is 2.09. The van der Waals surface area contributed by atoms with E-state index in [-0.39, 0.29) is 5.91 Å². The second-order valence-corrected chi connectivity index (χ2v) is 4.64. The number of amides is 1. The lowest BCUT2D eigenvalue weighted by Gasteiger charge is -2.19.